The number of aromatic nitrogens is 2. The second-order valence-electron chi connectivity index (χ2n) is 6.21. The molecule has 1 N–H and O–H groups in total. The van der Waals surface area contributed by atoms with Crippen molar-refractivity contribution in [3.63, 3.8) is 0 Å². The summed E-state index contributed by atoms with van der Waals surface area (Å²) in [4.78, 5) is 33.8. The van der Waals surface area contributed by atoms with E-state index in [2.05, 4.69) is 14.9 Å². The van der Waals surface area contributed by atoms with Crippen LogP contribution in [0.5, 0.6) is 0 Å². The zero-order chi connectivity index (χ0) is 17.1. The molecule has 1 atom stereocenters. The fourth-order valence-corrected chi connectivity index (χ4v) is 3.26. The highest BCUT2D eigenvalue weighted by Gasteiger charge is 2.29. The van der Waals surface area contributed by atoms with Crippen molar-refractivity contribution in [2.45, 2.75) is 32.7 Å². The highest BCUT2D eigenvalue weighted by molar-refractivity contribution is 5.77. The molecule has 1 aliphatic heterocycles. The van der Waals surface area contributed by atoms with Crippen LogP contribution in [-0.4, -0.2) is 40.5 Å². The number of esters is 1. The van der Waals surface area contributed by atoms with Crippen molar-refractivity contribution in [1.29, 1.82) is 0 Å². The van der Waals surface area contributed by atoms with Crippen LogP contribution in [0.15, 0.2) is 29.1 Å². The van der Waals surface area contributed by atoms with Gasteiger partial charge < -0.3 is 9.72 Å². The normalized spacial score (nSPS) is 17.8. The molecule has 24 heavy (non-hydrogen) atoms. The third kappa shape index (κ3) is 3.33. The van der Waals surface area contributed by atoms with Gasteiger partial charge in [0.25, 0.3) is 5.56 Å². The number of carbonyl (C=O) groups excluding carboxylic acids is 1. The molecule has 0 radical (unpaired) electrons. The van der Waals surface area contributed by atoms with Crippen molar-refractivity contribution >= 4 is 16.9 Å². The van der Waals surface area contributed by atoms with E-state index in [0.717, 1.165) is 25.9 Å². The van der Waals surface area contributed by atoms with Gasteiger partial charge in [0.2, 0.25) is 0 Å². The first-order chi connectivity index (χ1) is 11.6. The topological polar surface area (TPSA) is 75.3 Å². The van der Waals surface area contributed by atoms with Gasteiger partial charge in [0.05, 0.1) is 29.5 Å². The molecule has 3 rings (SSSR count). The van der Waals surface area contributed by atoms with Crippen LogP contribution in [0.25, 0.3) is 10.9 Å². The van der Waals surface area contributed by atoms with E-state index < -0.39 is 0 Å². The Labute approximate surface area is 140 Å². The highest BCUT2D eigenvalue weighted by Crippen LogP contribution is 2.25. The number of para-hydroxylation sites is 1. The number of fused-ring (bicyclic) bond motifs is 1. The maximum absolute atomic E-state index is 12.2. The van der Waals surface area contributed by atoms with Gasteiger partial charge in [-0.3, -0.25) is 14.5 Å². The number of aromatic amines is 1. The van der Waals surface area contributed by atoms with Crippen LogP contribution < -0.4 is 5.56 Å². The SMILES string of the molecule is CCOC(=O)C1CCN([C@@H](C)c2nc3ccccc3c(=O)[nH]2)CC1. The molecule has 2 heterocycles. The van der Waals surface area contributed by atoms with E-state index in [-0.39, 0.29) is 23.5 Å². The molecule has 0 saturated carbocycles. The molecule has 1 aromatic carbocycles. The number of hydrogen-bond acceptors (Lipinski definition) is 5. The fraction of sp³-hybridized carbons (Fsp3) is 0.500. The summed E-state index contributed by atoms with van der Waals surface area (Å²) in [6.45, 7) is 5.88. The molecular formula is C18H23N3O3. The number of piperidine rings is 1. The first-order valence-corrected chi connectivity index (χ1v) is 8.49. The van der Waals surface area contributed by atoms with Gasteiger partial charge in [0.1, 0.15) is 5.82 Å². The third-order valence-electron chi connectivity index (χ3n) is 4.72. The van der Waals surface area contributed by atoms with Crippen molar-refractivity contribution in [2.75, 3.05) is 19.7 Å². The monoisotopic (exact) mass is 329 g/mol. The second-order valence-corrected chi connectivity index (χ2v) is 6.21. The molecule has 0 bridgehead atoms. The molecule has 6 heteroatoms. The lowest BCUT2D eigenvalue weighted by Crippen LogP contribution is -2.39. The van der Waals surface area contributed by atoms with Crippen LogP contribution in [0.4, 0.5) is 0 Å². The van der Waals surface area contributed by atoms with Crippen molar-refractivity contribution in [3.05, 3.63) is 40.4 Å². The number of ether oxygens (including phenoxy) is 1. The Hall–Kier alpha value is -2.21. The van der Waals surface area contributed by atoms with Gasteiger partial charge in [-0.05, 0) is 51.9 Å². The number of rotatable bonds is 4. The number of hydrogen-bond donors (Lipinski definition) is 1. The lowest BCUT2D eigenvalue weighted by atomic mass is 9.96. The van der Waals surface area contributed by atoms with E-state index >= 15 is 0 Å². The first-order valence-electron chi connectivity index (χ1n) is 8.49. The molecule has 0 spiro atoms. The maximum Gasteiger partial charge on any atom is 0.309 e. The van der Waals surface area contributed by atoms with Gasteiger partial charge in [0.15, 0.2) is 0 Å². The van der Waals surface area contributed by atoms with Crippen molar-refractivity contribution < 1.29 is 9.53 Å². The van der Waals surface area contributed by atoms with Crippen molar-refractivity contribution in [3.8, 4) is 0 Å². The van der Waals surface area contributed by atoms with Crippen molar-refractivity contribution in [1.82, 2.24) is 14.9 Å². The predicted molar refractivity (Wildman–Crippen MR) is 91.7 cm³/mol. The Kier molecular flexibility index (Phi) is 4.94. The molecule has 2 aromatic rings. The smallest absolute Gasteiger partial charge is 0.309 e. The lowest BCUT2D eigenvalue weighted by Gasteiger charge is -2.34. The number of carbonyl (C=O) groups is 1. The number of nitrogens with zero attached hydrogens (tertiary/aromatic N) is 2. The molecular weight excluding hydrogens is 306 g/mol. The van der Waals surface area contributed by atoms with Gasteiger partial charge in [0, 0.05) is 0 Å². The van der Waals surface area contributed by atoms with Crippen LogP contribution in [0.3, 0.4) is 0 Å². The maximum atomic E-state index is 12.2. The van der Waals surface area contributed by atoms with Gasteiger partial charge in [-0.2, -0.15) is 0 Å². The van der Waals surface area contributed by atoms with E-state index in [1.807, 2.05) is 32.0 Å². The average Bonchev–Trinajstić information content (AvgIpc) is 2.61. The molecule has 0 amide bonds. The summed E-state index contributed by atoms with van der Waals surface area (Å²) >= 11 is 0. The van der Waals surface area contributed by atoms with Crippen LogP contribution >= 0.6 is 0 Å². The summed E-state index contributed by atoms with van der Waals surface area (Å²) in [6.07, 6.45) is 1.56. The Morgan fingerprint density at radius 2 is 2.08 bits per heavy atom. The third-order valence-corrected chi connectivity index (χ3v) is 4.72. The quantitative estimate of drug-likeness (QED) is 0.871. The summed E-state index contributed by atoms with van der Waals surface area (Å²) in [5.74, 6) is 0.562. The minimum atomic E-state index is -0.108. The number of benzene rings is 1. The number of nitrogens with one attached hydrogen (secondary N) is 1. The zero-order valence-electron chi connectivity index (χ0n) is 14.1. The standard InChI is InChI=1S/C18H23N3O3/c1-3-24-18(23)13-8-10-21(11-9-13)12(2)16-19-15-7-5-4-6-14(15)17(22)20-16/h4-7,12-13H,3,8-11H2,1-2H3,(H,19,20,22)/t12-/m0/s1. The van der Waals surface area contributed by atoms with Crippen LogP contribution in [0.2, 0.25) is 0 Å². The van der Waals surface area contributed by atoms with E-state index in [1.54, 1.807) is 6.07 Å². The molecule has 6 nitrogen and oxygen atoms in total. The Bertz CT molecular complexity index is 778. The fourth-order valence-electron chi connectivity index (χ4n) is 3.26. The van der Waals surface area contributed by atoms with Crippen molar-refractivity contribution in [2.24, 2.45) is 5.92 Å². The molecule has 1 aromatic heterocycles. The number of likely N-dealkylation sites (tertiary alicyclic amines) is 1. The van der Waals surface area contributed by atoms with Gasteiger partial charge in [-0.25, -0.2) is 4.98 Å². The van der Waals surface area contributed by atoms with E-state index in [1.165, 1.54) is 0 Å². The minimum absolute atomic E-state index is 0.00505. The molecule has 1 aliphatic rings. The molecule has 1 fully saturated rings. The van der Waals surface area contributed by atoms with Gasteiger partial charge in [-0.1, -0.05) is 12.1 Å². The Morgan fingerprint density at radius 1 is 1.38 bits per heavy atom. The zero-order valence-corrected chi connectivity index (χ0v) is 14.1. The summed E-state index contributed by atoms with van der Waals surface area (Å²) in [7, 11) is 0. The highest BCUT2D eigenvalue weighted by atomic mass is 16.5. The Balaban J connectivity index is 1.73. The second kappa shape index (κ2) is 7.13. The van der Waals surface area contributed by atoms with Gasteiger partial charge >= 0.3 is 5.97 Å². The summed E-state index contributed by atoms with van der Waals surface area (Å²) in [5, 5.41) is 0.606. The van der Waals surface area contributed by atoms with Crippen LogP contribution in [0.1, 0.15) is 38.6 Å². The summed E-state index contributed by atoms with van der Waals surface area (Å²) in [5.41, 5.74) is 0.605. The largest absolute Gasteiger partial charge is 0.466 e. The van der Waals surface area contributed by atoms with Crippen LogP contribution in [-0.2, 0) is 9.53 Å². The molecule has 0 aliphatic carbocycles. The average molecular weight is 329 g/mol. The molecule has 1 saturated heterocycles. The van der Waals surface area contributed by atoms with E-state index in [9.17, 15) is 9.59 Å². The minimum Gasteiger partial charge on any atom is -0.466 e. The van der Waals surface area contributed by atoms with Gasteiger partial charge in [-0.15, -0.1) is 0 Å². The molecule has 0 unspecified atom stereocenters. The predicted octanol–water partition coefficient (Wildman–Crippen LogP) is 2.26. The number of H-pyrrole nitrogens is 1. The summed E-state index contributed by atoms with van der Waals surface area (Å²) in [6, 6.07) is 7.36. The lowest BCUT2D eigenvalue weighted by molar-refractivity contribution is -0.149. The van der Waals surface area contributed by atoms with E-state index in [0.29, 0.717) is 23.3 Å². The molecule has 128 valence electrons. The van der Waals surface area contributed by atoms with E-state index in [4.69, 9.17) is 4.74 Å². The first kappa shape index (κ1) is 16.6. The summed E-state index contributed by atoms with van der Waals surface area (Å²) < 4.78 is 5.11. The van der Waals surface area contributed by atoms with Crippen LogP contribution in [0, 0.1) is 5.92 Å². The Morgan fingerprint density at radius 3 is 2.79 bits per heavy atom.